The molecule has 0 fully saturated rings. The van der Waals surface area contributed by atoms with E-state index >= 15 is 0 Å². The molecule has 1 aliphatic carbocycles. The van der Waals surface area contributed by atoms with Gasteiger partial charge in [-0.3, -0.25) is 9.59 Å². The molecule has 5 rings (SSSR count). The minimum Gasteiger partial charge on any atom is -0.354 e. The molecule has 2 aromatic carbocycles. The van der Waals surface area contributed by atoms with Crippen LogP contribution in [0.4, 0.5) is 5.69 Å². The fourth-order valence-electron chi connectivity index (χ4n) is 4.06. The van der Waals surface area contributed by atoms with Crippen molar-refractivity contribution >= 4 is 28.4 Å². The van der Waals surface area contributed by atoms with Crippen LogP contribution in [0.5, 0.6) is 0 Å². The molecule has 2 aromatic heterocycles. The molecule has 0 saturated heterocycles. The number of anilines is 1. The number of carbonyl (C=O) groups is 2. The van der Waals surface area contributed by atoms with Crippen LogP contribution in [0.1, 0.15) is 44.9 Å². The van der Waals surface area contributed by atoms with Gasteiger partial charge in [0.1, 0.15) is 11.5 Å². The van der Waals surface area contributed by atoms with E-state index in [-0.39, 0.29) is 11.7 Å². The molecule has 29 heavy (non-hydrogen) atoms. The highest BCUT2D eigenvalue weighted by molar-refractivity contribution is 6.09. The Labute approximate surface area is 167 Å². The van der Waals surface area contributed by atoms with E-state index in [1.54, 1.807) is 0 Å². The Kier molecular flexibility index (Phi) is 4.05. The quantitative estimate of drug-likeness (QED) is 0.481. The van der Waals surface area contributed by atoms with Crippen molar-refractivity contribution in [2.75, 3.05) is 5.32 Å². The number of para-hydroxylation sites is 3. The fourth-order valence-corrected chi connectivity index (χ4v) is 4.06. The summed E-state index contributed by atoms with van der Waals surface area (Å²) in [7, 11) is 0. The number of amides is 1. The molecule has 144 valence electrons. The van der Waals surface area contributed by atoms with E-state index in [4.69, 9.17) is 0 Å². The fraction of sp³-hybridized carbons (Fsp3) is 0.174. The van der Waals surface area contributed by atoms with Crippen molar-refractivity contribution in [3.63, 3.8) is 0 Å². The van der Waals surface area contributed by atoms with Crippen LogP contribution in [-0.4, -0.2) is 26.6 Å². The summed E-state index contributed by atoms with van der Waals surface area (Å²) < 4.78 is 0. The Morgan fingerprint density at radius 2 is 1.83 bits per heavy atom. The largest absolute Gasteiger partial charge is 0.354 e. The van der Waals surface area contributed by atoms with Gasteiger partial charge in [-0.2, -0.15) is 0 Å². The lowest BCUT2D eigenvalue weighted by Crippen LogP contribution is -2.14. The first-order valence-electron chi connectivity index (χ1n) is 9.72. The molecular formula is C23H20N4O2. The van der Waals surface area contributed by atoms with Gasteiger partial charge in [-0.15, -0.1) is 0 Å². The van der Waals surface area contributed by atoms with Gasteiger partial charge in [0.15, 0.2) is 5.78 Å². The standard InChI is InChI=1S/C23H20N4O2/c1-13-20-18(11-6-12-19(20)28)24-21(13)23(29)27-15-8-3-2-7-14(15)22-25-16-9-4-5-10-17(16)26-22/h2-5,7-10,24H,6,11-12H2,1H3,(H,25,26)(H,27,29). The third kappa shape index (κ3) is 2.93. The number of Topliss-reactive ketones (excluding diaryl/α,β-unsaturated/α-hetero) is 1. The Bertz CT molecular complexity index is 1230. The zero-order chi connectivity index (χ0) is 20.0. The molecule has 3 N–H and O–H groups in total. The lowest BCUT2D eigenvalue weighted by atomic mass is 9.94. The number of nitrogens with one attached hydrogen (secondary N) is 3. The van der Waals surface area contributed by atoms with Gasteiger partial charge in [-0.25, -0.2) is 4.98 Å². The summed E-state index contributed by atoms with van der Waals surface area (Å²) >= 11 is 0. The lowest BCUT2D eigenvalue weighted by molar-refractivity contribution is 0.0971. The number of aromatic nitrogens is 3. The highest BCUT2D eigenvalue weighted by Crippen LogP contribution is 2.30. The Morgan fingerprint density at radius 1 is 1.03 bits per heavy atom. The molecular weight excluding hydrogens is 364 g/mol. The summed E-state index contributed by atoms with van der Waals surface area (Å²) in [6.07, 6.45) is 2.16. The second-order valence-electron chi connectivity index (χ2n) is 7.36. The maximum Gasteiger partial charge on any atom is 0.272 e. The van der Waals surface area contributed by atoms with Crippen molar-refractivity contribution in [3.8, 4) is 11.4 Å². The van der Waals surface area contributed by atoms with E-state index in [1.807, 2.05) is 55.5 Å². The Balaban J connectivity index is 1.50. The first kappa shape index (κ1) is 17.4. The van der Waals surface area contributed by atoms with Crippen molar-refractivity contribution < 1.29 is 9.59 Å². The van der Waals surface area contributed by atoms with Crippen LogP contribution in [0.15, 0.2) is 48.5 Å². The van der Waals surface area contributed by atoms with Crippen LogP contribution in [0.25, 0.3) is 22.4 Å². The van der Waals surface area contributed by atoms with Gasteiger partial charge in [-0.1, -0.05) is 24.3 Å². The number of fused-ring (bicyclic) bond motifs is 2. The summed E-state index contributed by atoms with van der Waals surface area (Å²) in [6.45, 7) is 1.83. The molecule has 0 saturated carbocycles. The monoisotopic (exact) mass is 384 g/mol. The topological polar surface area (TPSA) is 90.6 Å². The molecule has 4 aromatic rings. The van der Waals surface area contributed by atoms with E-state index in [2.05, 4.69) is 20.3 Å². The number of imidazole rings is 1. The number of H-pyrrole nitrogens is 2. The number of hydrogen-bond donors (Lipinski definition) is 3. The zero-order valence-corrected chi connectivity index (χ0v) is 16.0. The summed E-state index contributed by atoms with van der Waals surface area (Å²) in [6, 6.07) is 15.4. The van der Waals surface area contributed by atoms with E-state index < -0.39 is 0 Å². The summed E-state index contributed by atoms with van der Waals surface area (Å²) in [4.78, 5) is 36.4. The number of aryl methyl sites for hydroxylation is 1. The normalized spacial score (nSPS) is 13.5. The number of benzene rings is 2. The molecule has 6 heteroatoms. The minimum absolute atomic E-state index is 0.113. The highest BCUT2D eigenvalue weighted by atomic mass is 16.2. The van der Waals surface area contributed by atoms with E-state index in [9.17, 15) is 9.59 Å². The molecule has 1 amide bonds. The van der Waals surface area contributed by atoms with Gasteiger partial charge >= 0.3 is 0 Å². The van der Waals surface area contributed by atoms with Crippen molar-refractivity contribution in [2.24, 2.45) is 0 Å². The molecule has 1 aliphatic rings. The van der Waals surface area contributed by atoms with Crippen molar-refractivity contribution in [1.29, 1.82) is 0 Å². The number of ketones is 1. The van der Waals surface area contributed by atoms with Crippen LogP contribution in [0, 0.1) is 6.92 Å². The molecule has 6 nitrogen and oxygen atoms in total. The van der Waals surface area contributed by atoms with Crippen molar-refractivity contribution in [1.82, 2.24) is 15.0 Å². The Hall–Kier alpha value is -3.67. The van der Waals surface area contributed by atoms with Gasteiger partial charge in [0.05, 0.1) is 16.7 Å². The number of hydrogen-bond acceptors (Lipinski definition) is 3. The Morgan fingerprint density at radius 3 is 2.66 bits per heavy atom. The van der Waals surface area contributed by atoms with Gasteiger partial charge in [0, 0.05) is 23.2 Å². The van der Waals surface area contributed by atoms with Gasteiger partial charge in [0.2, 0.25) is 0 Å². The number of nitrogens with zero attached hydrogens (tertiary/aromatic N) is 1. The van der Waals surface area contributed by atoms with E-state index in [0.717, 1.165) is 40.7 Å². The smallest absolute Gasteiger partial charge is 0.272 e. The number of aromatic amines is 2. The molecule has 0 unspecified atom stereocenters. The highest BCUT2D eigenvalue weighted by Gasteiger charge is 2.26. The SMILES string of the molecule is Cc1c(C(=O)Nc2ccccc2-c2nc3ccccc3[nH]2)[nH]c2c1C(=O)CCC2. The predicted molar refractivity (Wildman–Crippen MR) is 112 cm³/mol. The van der Waals surface area contributed by atoms with Crippen molar-refractivity contribution in [3.05, 3.63) is 71.0 Å². The first-order chi connectivity index (χ1) is 14.1. The maximum atomic E-state index is 13.0. The maximum absolute atomic E-state index is 13.0. The van der Waals surface area contributed by atoms with Crippen LogP contribution >= 0.6 is 0 Å². The molecule has 0 radical (unpaired) electrons. The summed E-state index contributed by atoms with van der Waals surface area (Å²) in [5.41, 5.74) is 6.01. The van der Waals surface area contributed by atoms with Gasteiger partial charge in [-0.05, 0) is 49.6 Å². The molecule has 0 aliphatic heterocycles. The third-order valence-corrected chi connectivity index (χ3v) is 5.48. The van der Waals surface area contributed by atoms with E-state index in [0.29, 0.717) is 29.2 Å². The molecule has 0 spiro atoms. The van der Waals surface area contributed by atoms with Crippen LogP contribution in [-0.2, 0) is 6.42 Å². The van der Waals surface area contributed by atoms with Crippen LogP contribution in [0.3, 0.4) is 0 Å². The minimum atomic E-state index is -0.256. The average Bonchev–Trinajstić information content (AvgIpc) is 3.30. The summed E-state index contributed by atoms with van der Waals surface area (Å²) in [5, 5.41) is 2.99. The predicted octanol–water partition coefficient (Wildman–Crippen LogP) is 4.64. The zero-order valence-electron chi connectivity index (χ0n) is 16.0. The van der Waals surface area contributed by atoms with Crippen LogP contribution in [0.2, 0.25) is 0 Å². The van der Waals surface area contributed by atoms with Gasteiger partial charge < -0.3 is 15.3 Å². The number of carbonyl (C=O) groups excluding carboxylic acids is 2. The van der Waals surface area contributed by atoms with Crippen molar-refractivity contribution in [2.45, 2.75) is 26.2 Å². The summed E-state index contributed by atoms with van der Waals surface area (Å²) in [5.74, 6) is 0.551. The third-order valence-electron chi connectivity index (χ3n) is 5.48. The van der Waals surface area contributed by atoms with Gasteiger partial charge in [0.25, 0.3) is 5.91 Å². The second kappa shape index (κ2) is 6.74. The van der Waals surface area contributed by atoms with Crippen LogP contribution < -0.4 is 5.32 Å². The number of rotatable bonds is 3. The first-order valence-corrected chi connectivity index (χ1v) is 9.72. The van der Waals surface area contributed by atoms with E-state index in [1.165, 1.54) is 0 Å². The molecule has 0 atom stereocenters. The second-order valence-corrected chi connectivity index (χ2v) is 7.36. The molecule has 0 bridgehead atoms. The molecule has 2 heterocycles. The lowest BCUT2D eigenvalue weighted by Gasteiger charge is -2.10. The average molecular weight is 384 g/mol.